The van der Waals surface area contributed by atoms with Gasteiger partial charge in [-0.25, -0.2) is 4.68 Å². The third kappa shape index (κ3) is 1.96. The van der Waals surface area contributed by atoms with Gasteiger partial charge in [-0.1, -0.05) is 0 Å². The first-order valence-electron chi connectivity index (χ1n) is 6.79. The van der Waals surface area contributed by atoms with E-state index in [0.717, 1.165) is 35.7 Å². The summed E-state index contributed by atoms with van der Waals surface area (Å²) in [5, 5.41) is 12.2. The quantitative estimate of drug-likeness (QED) is 0.843. The molecule has 2 heterocycles. The van der Waals surface area contributed by atoms with Crippen LogP contribution < -0.4 is 5.73 Å². The van der Waals surface area contributed by atoms with Crippen molar-refractivity contribution in [3.63, 3.8) is 0 Å². The van der Waals surface area contributed by atoms with E-state index in [9.17, 15) is 0 Å². The zero-order chi connectivity index (χ0) is 14.3. The van der Waals surface area contributed by atoms with Gasteiger partial charge in [0.1, 0.15) is 0 Å². The smallest absolute Gasteiger partial charge is 0.182 e. The van der Waals surface area contributed by atoms with Crippen LogP contribution in [0, 0.1) is 6.92 Å². The second-order valence-electron chi connectivity index (χ2n) is 5.67. The zero-order valence-corrected chi connectivity index (χ0v) is 12.0. The van der Waals surface area contributed by atoms with E-state index in [2.05, 4.69) is 29.4 Å². The summed E-state index contributed by atoms with van der Waals surface area (Å²) in [7, 11) is 0. The van der Waals surface area contributed by atoms with Gasteiger partial charge in [-0.15, -0.1) is 5.10 Å². The van der Waals surface area contributed by atoms with Gasteiger partial charge in [0.25, 0.3) is 0 Å². The summed E-state index contributed by atoms with van der Waals surface area (Å²) < 4.78 is 7.56. The van der Waals surface area contributed by atoms with E-state index in [-0.39, 0.29) is 11.6 Å². The van der Waals surface area contributed by atoms with Crippen LogP contribution in [0.4, 0.5) is 5.69 Å². The van der Waals surface area contributed by atoms with Crippen LogP contribution in [0.2, 0.25) is 0 Å². The summed E-state index contributed by atoms with van der Waals surface area (Å²) in [4.78, 5) is 0. The molecule has 6 heteroatoms. The van der Waals surface area contributed by atoms with E-state index in [1.807, 2.05) is 29.8 Å². The molecule has 3 rings (SSSR count). The Morgan fingerprint density at radius 3 is 2.85 bits per heavy atom. The fourth-order valence-electron chi connectivity index (χ4n) is 2.76. The molecule has 6 nitrogen and oxygen atoms in total. The Hall–Kier alpha value is -1.95. The van der Waals surface area contributed by atoms with E-state index in [4.69, 9.17) is 10.5 Å². The molecule has 0 radical (unpaired) electrons. The lowest BCUT2D eigenvalue weighted by atomic mass is 9.94. The van der Waals surface area contributed by atoms with Crippen LogP contribution in [0.1, 0.15) is 25.8 Å². The number of tetrazole rings is 1. The number of rotatable bonds is 2. The topological polar surface area (TPSA) is 78.9 Å². The first-order chi connectivity index (χ1) is 9.50. The summed E-state index contributed by atoms with van der Waals surface area (Å²) >= 11 is 0. The van der Waals surface area contributed by atoms with Crippen molar-refractivity contribution < 1.29 is 4.74 Å². The predicted octanol–water partition coefficient (Wildman–Crippen LogP) is 1.75. The van der Waals surface area contributed by atoms with Crippen molar-refractivity contribution in [3.8, 4) is 11.4 Å². The van der Waals surface area contributed by atoms with Crippen LogP contribution in [-0.2, 0) is 10.3 Å². The number of ether oxygens (including phenoxy) is 1. The normalized spacial score (nSPS) is 26.1. The SMILES string of the molecule is Cc1cc(N)cc(-c2nnnn2C2(C)CCOC2C)c1. The number of aromatic nitrogens is 4. The number of nitrogens with zero attached hydrogens (tertiary/aromatic N) is 4. The number of anilines is 1. The molecular formula is C14H19N5O. The molecule has 20 heavy (non-hydrogen) atoms. The average Bonchev–Trinajstić information content (AvgIpc) is 2.97. The largest absolute Gasteiger partial charge is 0.399 e. The molecule has 1 aromatic heterocycles. The molecule has 1 aliphatic rings. The van der Waals surface area contributed by atoms with Gasteiger partial charge >= 0.3 is 0 Å². The fraction of sp³-hybridized carbons (Fsp3) is 0.500. The van der Waals surface area contributed by atoms with Crippen LogP contribution in [0.25, 0.3) is 11.4 Å². The van der Waals surface area contributed by atoms with Gasteiger partial charge in [-0.3, -0.25) is 0 Å². The van der Waals surface area contributed by atoms with Crippen molar-refractivity contribution >= 4 is 5.69 Å². The third-order valence-corrected chi connectivity index (χ3v) is 4.16. The molecule has 1 saturated heterocycles. The number of nitrogens with two attached hydrogens (primary N) is 1. The van der Waals surface area contributed by atoms with Crippen LogP contribution in [0.15, 0.2) is 18.2 Å². The van der Waals surface area contributed by atoms with Gasteiger partial charge in [0.05, 0.1) is 11.6 Å². The summed E-state index contributed by atoms with van der Waals surface area (Å²) in [6.07, 6.45) is 0.972. The minimum atomic E-state index is -0.225. The summed E-state index contributed by atoms with van der Waals surface area (Å²) in [6, 6.07) is 5.88. The Morgan fingerprint density at radius 2 is 2.20 bits per heavy atom. The molecule has 0 bridgehead atoms. The lowest BCUT2D eigenvalue weighted by Gasteiger charge is -2.28. The first-order valence-corrected chi connectivity index (χ1v) is 6.79. The van der Waals surface area contributed by atoms with Gasteiger partial charge in [0, 0.05) is 17.9 Å². The molecule has 2 unspecified atom stereocenters. The molecule has 2 atom stereocenters. The number of hydrogen-bond donors (Lipinski definition) is 1. The van der Waals surface area contributed by atoms with Crippen molar-refractivity contribution in [1.29, 1.82) is 0 Å². The summed E-state index contributed by atoms with van der Waals surface area (Å²) in [5.74, 6) is 0.736. The maximum absolute atomic E-state index is 5.93. The molecule has 2 N–H and O–H groups in total. The van der Waals surface area contributed by atoms with E-state index in [1.165, 1.54) is 0 Å². The standard InChI is InChI=1S/C14H19N5O/c1-9-6-11(8-12(15)7-9)13-16-17-18-19(13)14(3)4-5-20-10(14)2/h6-8,10H,4-5,15H2,1-3H3. The highest BCUT2D eigenvalue weighted by Crippen LogP contribution is 2.35. The molecule has 1 aromatic carbocycles. The van der Waals surface area contributed by atoms with E-state index in [1.54, 1.807) is 0 Å². The molecule has 0 saturated carbocycles. The molecule has 106 valence electrons. The monoisotopic (exact) mass is 273 g/mol. The zero-order valence-electron chi connectivity index (χ0n) is 12.0. The van der Waals surface area contributed by atoms with Crippen molar-refractivity contribution in [2.45, 2.75) is 38.8 Å². The molecular weight excluding hydrogens is 254 g/mol. The third-order valence-electron chi connectivity index (χ3n) is 4.16. The second kappa shape index (κ2) is 4.56. The molecule has 1 aliphatic heterocycles. The van der Waals surface area contributed by atoms with Crippen molar-refractivity contribution in [2.75, 3.05) is 12.3 Å². The fourth-order valence-corrected chi connectivity index (χ4v) is 2.76. The number of benzene rings is 1. The van der Waals surface area contributed by atoms with Crippen LogP contribution >= 0.6 is 0 Å². The highest BCUT2D eigenvalue weighted by atomic mass is 16.5. The number of hydrogen-bond acceptors (Lipinski definition) is 5. The van der Waals surface area contributed by atoms with Gasteiger partial charge in [-0.2, -0.15) is 0 Å². The van der Waals surface area contributed by atoms with Crippen LogP contribution in [0.3, 0.4) is 0 Å². The molecule has 0 aliphatic carbocycles. The lowest BCUT2D eigenvalue weighted by Crippen LogP contribution is -2.38. The number of nitrogen functional groups attached to an aromatic ring is 1. The van der Waals surface area contributed by atoms with Gasteiger partial charge in [0.2, 0.25) is 0 Å². The van der Waals surface area contributed by atoms with E-state index >= 15 is 0 Å². The Kier molecular flexibility index (Phi) is 2.97. The highest BCUT2D eigenvalue weighted by Gasteiger charge is 2.41. The van der Waals surface area contributed by atoms with E-state index < -0.39 is 0 Å². The minimum absolute atomic E-state index is 0.0758. The van der Waals surface area contributed by atoms with Crippen molar-refractivity contribution in [2.24, 2.45) is 0 Å². The Labute approximate surface area is 117 Å². The Balaban J connectivity index is 2.10. The van der Waals surface area contributed by atoms with Crippen molar-refractivity contribution in [3.05, 3.63) is 23.8 Å². The average molecular weight is 273 g/mol. The van der Waals surface area contributed by atoms with Gasteiger partial charge < -0.3 is 10.5 Å². The van der Waals surface area contributed by atoms with Gasteiger partial charge in [0.15, 0.2) is 5.82 Å². The van der Waals surface area contributed by atoms with Gasteiger partial charge in [-0.05, 0) is 61.4 Å². The highest BCUT2D eigenvalue weighted by molar-refractivity contribution is 5.62. The Morgan fingerprint density at radius 1 is 1.40 bits per heavy atom. The molecule has 0 amide bonds. The minimum Gasteiger partial charge on any atom is -0.399 e. The molecule has 0 spiro atoms. The van der Waals surface area contributed by atoms with Crippen molar-refractivity contribution in [1.82, 2.24) is 20.2 Å². The first kappa shape index (κ1) is 13.1. The van der Waals surface area contributed by atoms with E-state index in [0.29, 0.717) is 0 Å². The summed E-state index contributed by atoms with van der Waals surface area (Å²) in [6.45, 7) is 6.93. The Bertz CT molecular complexity index is 618. The van der Waals surface area contributed by atoms with Crippen LogP contribution in [-0.4, -0.2) is 32.9 Å². The second-order valence-corrected chi connectivity index (χ2v) is 5.67. The maximum Gasteiger partial charge on any atom is 0.182 e. The molecule has 2 aromatic rings. The summed E-state index contributed by atoms with van der Waals surface area (Å²) in [5.41, 5.74) is 8.45. The van der Waals surface area contributed by atoms with Crippen LogP contribution in [0.5, 0.6) is 0 Å². The molecule has 1 fully saturated rings. The predicted molar refractivity (Wildman–Crippen MR) is 76.1 cm³/mol. The maximum atomic E-state index is 5.93. The lowest BCUT2D eigenvalue weighted by molar-refractivity contribution is 0.0706. The number of aryl methyl sites for hydroxylation is 1.